The lowest BCUT2D eigenvalue weighted by atomic mass is 9.95. The van der Waals surface area contributed by atoms with E-state index in [-0.39, 0.29) is 6.42 Å². The molecule has 3 aromatic carbocycles. The van der Waals surface area contributed by atoms with Gasteiger partial charge in [0.25, 0.3) is 10.0 Å². The van der Waals surface area contributed by atoms with Crippen LogP contribution in [0, 0.1) is 11.6 Å². The van der Waals surface area contributed by atoms with Crippen molar-refractivity contribution in [2.45, 2.75) is 62.8 Å². The van der Waals surface area contributed by atoms with E-state index in [0.717, 1.165) is 61.3 Å². The lowest BCUT2D eigenvalue weighted by Crippen LogP contribution is -2.30. The number of aromatic nitrogens is 2. The van der Waals surface area contributed by atoms with Crippen molar-refractivity contribution in [3.63, 3.8) is 0 Å². The molecule has 1 aromatic heterocycles. The highest BCUT2D eigenvalue weighted by molar-refractivity contribution is 7.90. The van der Waals surface area contributed by atoms with Crippen LogP contribution in [0.15, 0.2) is 90.1 Å². The lowest BCUT2D eigenvalue weighted by Gasteiger charge is -2.13. The predicted octanol–water partition coefficient (Wildman–Crippen LogP) is 5.99. The van der Waals surface area contributed by atoms with Crippen molar-refractivity contribution in [2.75, 3.05) is 0 Å². The molecule has 0 spiro atoms. The van der Waals surface area contributed by atoms with Crippen molar-refractivity contribution in [1.29, 1.82) is 0 Å². The summed E-state index contributed by atoms with van der Waals surface area (Å²) in [5.74, 6) is -3.17. The molecule has 0 bridgehead atoms. The monoisotopic (exact) mass is 565 g/mol. The van der Waals surface area contributed by atoms with Crippen molar-refractivity contribution in [3.05, 3.63) is 119 Å². The normalized spacial score (nSPS) is 11.4. The van der Waals surface area contributed by atoms with E-state index in [0.29, 0.717) is 25.1 Å². The number of nitrogens with one attached hydrogen (secondary N) is 1. The molecule has 1 heterocycles. The minimum atomic E-state index is -4.31. The summed E-state index contributed by atoms with van der Waals surface area (Å²) in [5.41, 5.74) is 4.55. The highest BCUT2D eigenvalue weighted by Gasteiger charge is 2.20. The maximum Gasteiger partial charge on any atom is 0.264 e. The Bertz CT molecular complexity index is 1510. The van der Waals surface area contributed by atoms with E-state index in [1.807, 2.05) is 39.9 Å². The summed E-state index contributed by atoms with van der Waals surface area (Å²) >= 11 is 0. The zero-order valence-corrected chi connectivity index (χ0v) is 23.0. The van der Waals surface area contributed by atoms with Crippen LogP contribution in [0.25, 0.3) is 0 Å². The van der Waals surface area contributed by atoms with Crippen molar-refractivity contribution in [3.8, 4) is 0 Å². The molecule has 0 aliphatic rings. The molecule has 0 aliphatic heterocycles. The van der Waals surface area contributed by atoms with Crippen LogP contribution in [-0.2, 0) is 40.6 Å². The molecule has 0 atom stereocenters. The Labute approximate surface area is 234 Å². The van der Waals surface area contributed by atoms with E-state index in [2.05, 4.69) is 35.4 Å². The van der Waals surface area contributed by atoms with Gasteiger partial charge < -0.3 is 0 Å². The zero-order chi connectivity index (χ0) is 28.4. The summed E-state index contributed by atoms with van der Waals surface area (Å²) in [6.45, 7) is 0.629. The van der Waals surface area contributed by atoms with Gasteiger partial charge in [-0.3, -0.25) is 9.48 Å². The van der Waals surface area contributed by atoms with Crippen LogP contribution >= 0.6 is 0 Å². The van der Waals surface area contributed by atoms with Crippen LogP contribution in [0.2, 0.25) is 0 Å². The summed E-state index contributed by atoms with van der Waals surface area (Å²) in [6, 6.07) is 20.6. The largest absolute Gasteiger partial charge is 0.274 e. The number of rotatable bonds is 14. The Morgan fingerprint density at radius 1 is 0.775 bits per heavy atom. The van der Waals surface area contributed by atoms with Crippen molar-refractivity contribution in [1.82, 2.24) is 14.5 Å². The second-order valence-electron chi connectivity index (χ2n) is 9.81. The lowest BCUT2D eigenvalue weighted by molar-refractivity contribution is -0.119. The topological polar surface area (TPSA) is 81.1 Å². The van der Waals surface area contributed by atoms with Crippen molar-refractivity contribution >= 4 is 15.9 Å². The SMILES string of the molecule is O=C(CCc1ccc(Cn2cccn2)cc1CCCCCCc1ccccc1)NS(=O)(=O)c1ccc(F)c(F)c1. The minimum Gasteiger partial charge on any atom is -0.274 e. The maximum absolute atomic E-state index is 13.5. The molecule has 1 amide bonds. The highest BCUT2D eigenvalue weighted by atomic mass is 32.2. The van der Waals surface area contributed by atoms with Crippen molar-refractivity contribution in [2.24, 2.45) is 0 Å². The number of carbonyl (C=O) groups is 1. The van der Waals surface area contributed by atoms with Gasteiger partial charge in [0.1, 0.15) is 0 Å². The van der Waals surface area contributed by atoms with Gasteiger partial charge in [0.2, 0.25) is 5.91 Å². The third-order valence-corrected chi connectivity index (χ3v) is 8.12. The predicted molar refractivity (Wildman–Crippen MR) is 150 cm³/mol. The third kappa shape index (κ3) is 8.58. The van der Waals surface area contributed by atoms with Gasteiger partial charge >= 0.3 is 0 Å². The number of hydrogen-bond donors (Lipinski definition) is 1. The number of carbonyl (C=O) groups excluding carboxylic acids is 1. The average Bonchev–Trinajstić information content (AvgIpc) is 3.45. The van der Waals surface area contributed by atoms with E-state index >= 15 is 0 Å². The van der Waals surface area contributed by atoms with E-state index < -0.39 is 32.5 Å². The molecule has 0 saturated heterocycles. The van der Waals surface area contributed by atoms with Crippen LogP contribution in [-0.4, -0.2) is 24.1 Å². The molecule has 40 heavy (non-hydrogen) atoms. The Morgan fingerprint density at radius 2 is 1.55 bits per heavy atom. The van der Waals surface area contributed by atoms with Gasteiger partial charge in [-0.1, -0.05) is 61.4 Å². The van der Waals surface area contributed by atoms with Gasteiger partial charge in [0.15, 0.2) is 11.6 Å². The van der Waals surface area contributed by atoms with E-state index in [1.165, 1.54) is 5.56 Å². The molecule has 0 radical (unpaired) electrons. The molecule has 0 saturated carbocycles. The van der Waals surface area contributed by atoms with Crippen molar-refractivity contribution < 1.29 is 22.0 Å². The fourth-order valence-corrected chi connectivity index (χ4v) is 5.66. The summed E-state index contributed by atoms with van der Waals surface area (Å²) < 4.78 is 55.4. The van der Waals surface area contributed by atoms with Gasteiger partial charge in [-0.05, 0) is 78.6 Å². The van der Waals surface area contributed by atoms with E-state index in [9.17, 15) is 22.0 Å². The Balaban J connectivity index is 1.35. The number of amides is 1. The molecule has 4 aromatic rings. The number of halogens is 2. The standard InChI is InChI=1S/C31H33F2N3O3S/c32-29-17-16-28(22-30(29)33)40(38,39)35-31(37)18-15-26-14-13-25(23-36-20-8-19-34-36)21-27(26)12-7-2-1-4-9-24-10-5-3-6-11-24/h3,5-6,8,10-11,13-14,16-17,19-22H,1-2,4,7,9,12,15,18,23H2,(H,35,37). The number of benzene rings is 3. The third-order valence-electron chi connectivity index (χ3n) is 6.75. The Kier molecular flexibility index (Phi) is 10.2. The summed E-state index contributed by atoms with van der Waals surface area (Å²) in [5, 5.41) is 4.28. The Morgan fingerprint density at radius 3 is 2.27 bits per heavy atom. The first-order chi connectivity index (χ1) is 19.3. The molecule has 9 heteroatoms. The molecule has 0 aliphatic carbocycles. The average molecular weight is 566 g/mol. The zero-order valence-electron chi connectivity index (χ0n) is 22.2. The number of aryl methyl sites for hydroxylation is 3. The van der Waals surface area contributed by atoms with Crippen LogP contribution in [0.5, 0.6) is 0 Å². The number of hydrogen-bond acceptors (Lipinski definition) is 4. The first kappa shape index (κ1) is 29.1. The maximum atomic E-state index is 13.5. The molecule has 210 valence electrons. The fourth-order valence-electron chi connectivity index (χ4n) is 4.63. The Hall–Kier alpha value is -3.85. The first-order valence-electron chi connectivity index (χ1n) is 13.4. The summed E-state index contributed by atoms with van der Waals surface area (Å²) in [4.78, 5) is 12.0. The number of nitrogens with zero attached hydrogens (tertiary/aromatic N) is 2. The van der Waals surface area contributed by atoms with Crippen LogP contribution in [0.3, 0.4) is 0 Å². The second kappa shape index (κ2) is 14.0. The smallest absolute Gasteiger partial charge is 0.264 e. The molecular formula is C31H33F2N3O3S. The molecule has 6 nitrogen and oxygen atoms in total. The van der Waals surface area contributed by atoms with Gasteiger partial charge in [0.05, 0.1) is 11.4 Å². The number of unbranched alkanes of at least 4 members (excludes halogenated alkanes) is 3. The molecule has 4 rings (SSSR count). The van der Waals surface area contributed by atoms with Crippen LogP contribution in [0.4, 0.5) is 8.78 Å². The summed E-state index contributed by atoms with van der Waals surface area (Å²) in [6.07, 6.45) is 10.2. The highest BCUT2D eigenvalue weighted by Crippen LogP contribution is 2.20. The molecule has 0 fully saturated rings. The van der Waals surface area contributed by atoms with E-state index in [4.69, 9.17) is 0 Å². The van der Waals surface area contributed by atoms with Crippen LogP contribution in [0.1, 0.15) is 54.4 Å². The van der Waals surface area contributed by atoms with Gasteiger partial charge in [-0.2, -0.15) is 5.10 Å². The summed E-state index contributed by atoms with van der Waals surface area (Å²) in [7, 11) is -4.31. The van der Waals surface area contributed by atoms with Gasteiger partial charge in [0, 0.05) is 18.8 Å². The fraction of sp³-hybridized carbons (Fsp3) is 0.290. The minimum absolute atomic E-state index is 0.0640. The second-order valence-corrected chi connectivity index (χ2v) is 11.5. The molecule has 0 unspecified atom stereocenters. The molecular weight excluding hydrogens is 532 g/mol. The van der Waals surface area contributed by atoms with Gasteiger partial charge in [-0.25, -0.2) is 21.9 Å². The quantitative estimate of drug-likeness (QED) is 0.190. The van der Waals surface area contributed by atoms with E-state index in [1.54, 1.807) is 6.20 Å². The first-order valence-corrected chi connectivity index (χ1v) is 14.9. The van der Waals surface area contributed by atoms with Gasteiger partial charge in [-0.15, -0.1) is 0 Å². The number of sulfonamides is 1. The van der Waals surface area contributed by atoms with Crippen LogP contribution < -0.4 is 4.72 Å². The molecule has 1 N–H and O–H groups in total.